The van der Waals surface area contributed by atoms with Crippen molar-refractivity contribution in [3.05, 3.63) is 71.8 Å². The maximum absolute atomic E-state index is 12.1. The zero-order valence-corrected chi connectivity index (χ0v) is 13.0. The molecule has 1 atom stereocenters. The molecule has 0 radical (unpaired) electrons. The maximum atomic E-state index is 12.1. The maximum Gasteiger partial charge on any atom is 0.272 e. The van der Waals surface area contributed by atoms with Gasteiger partial charge in [-0.1, -0.05) is 60.7 Å². The number of ether oxygens (including phenoxy) is 1. The molecule has 23 heavy (non-hydrogen) atoms. The van der Waals surface area contributed by atoms with Crippen LogP contribution in [0.2, 0.25) is 0 Å². The number of nitrogens with one attached hydrogen (secondary N) is 2. The minimum Gasteiger partial charge on any atom is -0.367 e. The third kappa shape index (κ3) is 5.23. The topological polar surface area (TPSA) is 67.4 Å². The molecule has 2 aromatic carbocycles. The summed E-state index contributed by atoms with van der Waals surface area (Å²) in [6.45, 7) is 0. The summed E-state index contributed by atoms with van der Waals surface area (Å²) in [5.74, 6) is -0.656. The Labute approximate surface area is 135 Å². The van der Waals surface area contributed by atoms with Crippen LogP contribution < -0.4 is 10.9 Å². The Balaban J connectivity index is 1.80. The molecule has 2 rings (SSSR count). The second kappa shape index (κ2) is 8.70. The van der Waals surface area contributed by atoms with Crippen molar-refractivity contribution < 1.29 is 14.3 Å². The van der Waals surface area contributed by atoms with Crippen LogP contribution in [0, 0.1) is 0 Å². The fraction of sp³-hybridized carbons (Fsp3) is 0.222. The molecule has 0 bridgehead atoms. The second-order valence-electron chi connectivity index (χ2n) is 5.05. The summed E-state index contributed by atoms with van der Waals surface area (Å²) in [4.78, 5) is 23.9. The number of benzene rings is 2. The highest BCUT2D eigenvalue weighted by Crippen LogP contribution is 2.15. The summed E-state index contributed by atoms with van der Waals surface area (Å²) >= 11 is 0. The smallest absolute Gasteiger partial charge is 0.272 e. The molecule has 0 saturated carbocycles. The van der Waals surface area contributed by atoms with Gasteiger partial charge in [0.2, 0.25) is 5.91 Å². The predicted octanol–water partition coefficient (Wildman–Crippen LogP) is 2.15. The lowest BCUT2D eigenvalue weighted by Crippen LogP contribution is -2.44. The molecule has 0 fully saturated rings. The molecule has 2 amide bonds. The van der Waals surface area contributed by atoms with Gasteiger partial charge >= 0.3 is 0 Å². The lowest BCUT2D eigenvalue weighted by molar-refractivity contribution is -0.135. The van der Waals surface area contributed by atoms with Crippen molar-refractivity contribution in [3.63, 3.8) is 0 Å². The summed E-state index contributed by atoms with van der Waals surface area (Å²) in [6, 6.07) is 18.8. The van der Waals surface area contributed by atoms with Crippen molar-refractivity contribution >= 4 is 11.8 Å². The van der Waals surface area contributed by atoms with E-state index < -0.39 is 12.0 Å². The van der Waals surface area contributed by atoms with Crippen LogP contribution in [0.5, 0.6) is 0 Å². The van der Waals surface area contributed by atoms with E-state index >= 15 is 0 Å². The molecule has 0 unspecified atom stereocenters. The van der Waals surface area contributed by atoms with Gasteiger partial charge < -0.3 is 4.74 Å². The first-order valence-corrected chi connectivity index (χ1v) is 7.41. The van der Waals surface area contributed by atoms with E-state index in [1.54, 1.807) is 12.1 Å². The third-order valence-corrected chi connectivity index (χ3v) is 3.38. The molecule has 0 heterocycles. The summed E-state index contributed by atoms with van der Waals surface area (Å²) in [6.07, 6.45) is 0.160. The quantitative estimate of drug-likeness (QED) is 0.803. The van der Waals surface area contributed by atoms with Gasteiger partial charge in [-0.25, -0.2) is 0 Å². The van der Waals surface area contributed by atoms with Crippen molar-refractivity contribution in [1.29, 1.82) is 0 Å². The minimum atomic E-state index is -0.759. The van der Waals surface area contributed by atoms with Crippen molar-refractivity contribution in [2.24, 2.45) is 0 Å². The number of hydrogen-bond donors (Lipinski definition) is 2. The average molecular weight is 312 g/mol. The number of methoxy groups -OCH3 is 1. The van der Waals surface area contributed by atoms with Crippen LogP contribution in [0.25, 0.3) is 0 Å². The number of carbonyl (C=O) groups excluding carboxylic acids is 2. The third-order valence-electron chi connectivity index (χ3n) is 3.38. The molecule has 2 aromatic rings. The second-order valence-corrected chi connectivity index (χ2v) is 5.05. The van der Waals surface area contributed by atoms with Gasteiger partial charge in [0.1, 0.15) is 0 Å². The van der Waals surface area contributed by atoms with Gasteiger partial charge in [0.05, 0.1) is 0 Å². The van der Waals surface area contributed by atoms with Crippen LogP contribution in [0.4, 0.5) is 0 Å². The average Bonchev–Trinajstić information content (AvgIpc) is 2.60. The van der Waals surface area contributed by atoms with Crippen LogP contribution in [-0.4, -0.2) is 18.9 Å². The zero-order valence-electron chi connectivity index (χ0n) is 13.0. The number of carbonyl (C=O) groups is 2. The normalized spacial score (nSPS) is 11.5. The SMILES string of the molecule is CO[C@@H](C(=O)NNC(=O)CCc1ccccc1)c1ccccc1. The van der Waals surface area contributed by atoms with Crippen LogP contribution >= 0.6 is 0 Å². The number of rotatable bonds is 6. The fourth-order valence-corrected chi connectivity index (χ4v) is 2.18. The number of hydrazine groups is 1. The first-order valence-electron chi connectivity index (χ1n) is 7.41. The molecule has 0 aliphatic heterocycles. The summed E-state index contributed by atoms with van der Waals surface area (Å²) in [5.41, 5.74) is 6.63. The zero-order chi connectivity index (χ0) is 16.5. The Hall–Kier alpha value is -2.66. The Morgan fingerprint density at radius 1 is 0.957 bits per heavy atom. The van der Waals surface area contributed by atoms with Crippen molar-refractivity contribution in [3.8, 4) is 0 Å². The van der Waals surface area contributed by atoms with Crippen molar-refractivity contribution in [2.45, 2.75) is 18.9 Å². The first-order chi connectivity index (χ1) is 11.2. The summed E-state index contributed by atoms with van der Waals surface area (Å²) < 4.78 is 5.20. The number of amides is 2. The Morgan fingerprint density at radius 2 is 1.57 bits per heavy atom. The highest BCUT2D eigenvalue weighted by Gasteiger charge is 2.20. The van der Waals surface area contributed by atoms with Crippen LogP contribution in [-0.2, 0) is 20.7 Å². The van der Waals surface area contributed by atoms with Gasteiger partial charge in [-0.05, 0) is 17.5 Å². The molecule has 0 spiro atoms. The van der Waals surface area contributed by atoms with Gasteiger partial charge in [-0.2, -0.15) is 0 Å². The van der Waals surface area contributed by atoms with E-state index in [-0.39, 0.29) is 5.91 Å². The Morgan fingerprint density at radius 3 is 2.17 bits per heavy atom. The summed E-state index contributed by atoms with van der Waals surface area (Å²) in [7, 11) is 1.45. The molecular formula is C18H20N2O3. The van der Waals surface area contributed by atoms with Crippen molar-refractivity contribution in [1.82, 2.24) is 10.9 Å². The molecule has 0 aromatic heterocycles. The van der Waals surface area contributed by atoms with Crippen LogP contribution in [0.3, 0.4) is 0 Å². The van der Waals surface area contributed by atoms with Crippen LogP contribution in [0.1, 0.15) is 23.7 Å². The highest BCUT2D eigenvalue weighted by molar-refractivity contribution is 5.85. The molecule has 120 valence electrons. The highest BCUT2D eigenvalue weighted by atomic mass is 16.5. The lowest BCUT2D eigenvalue weighted by atomic mass is 10.1. The minimum absolute atomic E-state index is 0.245. The van der Waals surface area contributed by atoms with E-state index in [1.807, 2.05) is 48.5 Å². The van der Waals surface area contributed by atoms with Gasteiger partial charge in [-0.3, -0.25) is 20.4 Å². The molecule has 2 N–H and O–H groups in total. The molecular weight excluding hydrogens is 292 g/mol. The molecule has 5 heteroatoms. The number of aryl methyl sites for hydroxylation is 1. The van der Waals surface area contributed by atoms with E-state index in [0.717, 1.165) is 11.1 Å². The standard InChI is InChI=1S/C18H20N2O3/c1-23-17(15-10-6-3-7-11-15)18(22)20-19-16(21)13-12-14-8-4-2-5-9-14/h2-11,17H,12-13H2,1H3,(H,19,21)(H,20,22)/t17-/m1/s1. The van der Waals surface area contributed by atoms with E-state index in [2.05, 4.69) is 10.9 Å². The Bertz CT molecular complexity index is 629. The molecule has 0 aliphatic rings. The first kappa shape index (κ1) is 16.7. The molecule has 0 saturated heterocycles. The monoisotopic (exact) mass is 312 g/mol. The van der Waals surface area contributed by atoms with E-state index in [1.165, 1.54) is 7.11 Å². The largest absolute Gasteiger partial charge is 0.367 e. The summed E-state index contributed by atoms with van der Waals surface area (Å²) in [5, 5.41) is 0. The van der Waals surface area contributed by atoms with Gasteiger partial charge in [-0.15, -0.1) is 0 Å². The number of hydrogen-bond acceptors (Lipinski definition) is 3. The van der Waals surface area contributed by atoms with Crippen molar-refractivity contribution in [2.75, 3.05) is 7.11 Å². The fourth-order valence-electron chi connectivity index (χ4n) is 2.18. The van der Waals surface area contributed by atoms with E-state index in [4.69, 9.17) is 4.74 Å². The van der Waals surface area contributed by atoms with E-state index in [0.29, 0.717) is 12.8 Å². The van der Waals surface area contributed by atoms with Gasteiger partial charge in [0.15, 0.2) is 6.10 Å². The Kier molecular flexibility index (Phi) is 6.32. The molecule has 5 nitrogen and oxygen atoms in total. The van der Waals surface area contributed by atoms with Crippen LogP contribution in [0.15, 0.2) is 60.7 Å². The predicted molar refractivity (Wildman–Crippen MR) is 87.2 cm³/mol. The lowest BCUT2D eigenvalue weighted by Gasteiger charge is -2.16. The van der Waals surface area contributed by atoms with E-state index in [9.17, 15) is 9.59 Å². The van der Waals surface area contributed by atoms with Gasteiger partial charge in [0, 0.05) is 13.5 Å². The molecule has 0 aliphatic carbocycles. The van der Waals surface area contributed by atoms with Gasteiger partial charge in [0.25, 0.3) is 5.91 Å².